The molecule has 0 aliphatic rings. The number of anilines is 1. The van der Waals surface area contributed by atoms with Gasteiger partial charge >= 0.3 is 0 Å². The molecule has 1 atom stereocenters. The first-order valence-electron chi connectivity index (χ1n) is 6.45. The molecule has 0 radical (unpaired) electrons. The van der Waals surface area contributed by atoms with Gasteiger partial charge in [0.05, 0.1) is 0 Å². The highest BCUT2D eigenvalue weighted by Crippen LogP contribution is 2.18. The van der Waals surface area contributed by atoms with Crippen LogP contribution in [0.15, 0.2) is 42.5 Å². The summed E-state index contributed by atoms with van der Waals surface area (Å²) in [6.45, 7) is 3.28. The van der Waals surface area contributed by atoms with Crippen molar-refractivity contribution in [1.82, 2.24) is 0 Å². The van der Waals surface area contributed by atoms with Gasteiger partial charge in [0.2, 0.25) is 0 Å². The maximum atomic E-state index is 13.4. The van der Waals surface area contributed by atoms with Crippen molar-refractivity contribution in [2.24, 2.45) is 0 Å². The minimum absolute atomic E-state index is 0.354. The molecule has 3 nitrogen and oxygen atoms in total. The smallest absolute Gasteiger partial charge is 0.265 e. The molecule has 0 aliphatic carbocycles. The summed E-state index contributed by atoms with van der Waals surface area (Å²) in [4.78, 5) is 12.0. The van der Waals surface area contributed by atoms with Crippen LogP contribution < -0.4 is 10.1 Å². The Balaban J connectivity index is 1.98. The third kappa shape index (κ3) is 4.20. The Labute approximate surface area is 127 Å². The Morgan fingerprint density at radius 1 is 1.24 bits per heavy atom. The third-order valence-corrected chi connectivity index (χ3v) is 3.19. The van der Waals surface area contributed by atoms with Crippen molar-refractivity contribution >= 4 is 23.2 Å². The third-order valence-electron chi connectivity index (χ3n) is 2.94. The van der Waals surface area contributed by atoms with Gasteiger partial charge in [-0.1, -0.05) is 17.7 Å². The summed E-state index contributed by atoms with van der Waals surface area (Å²) < 4.78 is 18.9. The van der Waals surface area contributed by atoms with E-state index in [0.717, 1.165) is 0 Å². The van der Waals surface area contributed by atoms with E-state index >= 15 is 0 Å². The van der Waals surface area contributed by atoms with Crippen LogP contribution in [0.3, 0.4) is 0 Å². The van der Waals surface area contributed by atoms with Gasteiger partial charge in [-0.25, -0.2) is 4.39 Å². The number of carbonyl (C=O) groups is 1. The fraction of sp³-hybridized carbons (Fsp3) is 0.188. The van der Waals surface area contributed by atoms with Gasteiger partial charge < -0.3 is 10.1 Å². The lowest BCUT2D eigenvalue weighted by atomic mass is 10.2. The van der Waals surface area contributed by atoms with E-state index in [4.69, 9.17) is 16.3 Å². The molecule has 0 aliphatic heterocycles. The summed E-state index contributed by atoms with van der Waals surface area (Å²) in [6, 6.07) is 11.2. The van der Waals surface area contributed by atoms with E-state index in [1.54, 1.807) is 50.2 Å². The molecule has 0 saturated carbocycles. The van der Waals surface area contributed by atoms with Crippen LogP contribution in [0.25, 0.3) is 0 Å². The van der Waals surface area contributed by atoms with E-state index in [1.807, 2.05) is 0 Å². The van der Waals surface area contributed by atoms with Gasteiger partial charge in [-0.05, 0) is 55.8 Å². The molecule has 0 spiro atoms. The minimum atomic E-state index is -0.712. The average molecular weight is 308 g/mol. The lowest BCUT2D eigenvalue weighted by Crippen LogP contribution is -2.30. The zero-order chi connectivity index (χ0) is 15.4. The molecular weight excluding hydrogens is 293 g/mol. The molecule has 1 amide bonds. The van der Waals surface area contributed by atoms with E-state index in [1.165, 1.54) is 6.07 Å². The standard InChI is InChI=1S/C16H15ClFNO2/c1-10-3-6-13(9-15(10)18)19-16(20)11(2)21-14-7-4-12(17)5-8-14/h3-9,11H,1-2H3,(H,19,20). The molecular formula is C16H15ClFNO2. The van der Waals surface area contributed by atoms with E-state index in [-0.39, 0.29) is 11.7 Å². The van der Waals surface area contributed by atoms with Gasteiger partial charge in [-0.3, -0.25) is 4.79 Å². The zero-order valence-corrected chi connectivity index (χ0v) is 12.4. The second kappa shape index (κ2) is 6.59. The van der Waals surface area contributed by atoms with Gasteiger partial charge in [-0.2, -0.15) is 0 Å². The van der Waals surface area contributed by atoms with Crippen molar-refractivity contribution < 1.29 is 13.9 Å². The quantitative estimate of drug-likeness (QED) is 0.919. The Kier molecular flexibility index (Phi) is 4.81. The number of carbonyl (C=O) groups excluding carboxylic acids is 1. The SMILES string of the molecule is Cc1ccc(NC(=O)C(C)Oc2ccc(Cl)cc2)cc1F. The largest absolute Gasteiger partial charge is 0.481 e. The number of benzene rings is 2. The van der Waals surface area contributed by atoms with Crippen LogP contribution in [0.4, 0.5) is 10.1 Å². The number of hydrogen-bond donors (Lipinski definition) is 1. The molecule has 2 aromatic carbocycles. The second-order valence-electron chi connectivity index (χ2n) is 4.67. The Morgan fingerprint density at radius 3 is 2.52 bits per heavy atom. The highest BCUT2D eigenvalue weighted by atomic mass is 35.5. The molecule has 110 valence electrons. The molecule has 2 rings (SSSR count). The maximum absolute atomic E-state index is 13.4. The molecule has 1 N–H and O–H groups in total. The van der Waals surface area contributed by atoms with E-state index in [2.05, 4.69) is 5.32 Å². The van der Waals surface area contributed by atoms with Crippen molar-refractivity contribution in [2.45, 2.75) is 20.0 Å². The second-order valence-corrected chi connectivity index (χ2v) is 5.10. The predicted molar refractivity (Wildman–Crippen MR) is 81.3 cm³/mol. The Bertz CT molecular complexity index is 643. The summed E-state index contributed by atoms with van der Waals surface area (Å²) in [5.41, 5.74) is 0.924. The van der Waals surface area contributed by atoms with Crippen LogP contribution in [0.2, 0.25) is 5.02 Å². The predicted octanol–water partition coefficient (Wildman–Crippen LogP) is 4.19. The van der Waals surface area contributed by atoms with Crippen molar-refractivity contribution in [3.8, 4) is 5.75 Å². The maximum Gasteiger partial charge on any atom is 0.265 e. The summed E-state index contributed by atoms with van der Waals surface area (Å²) in [7, 11) is 0. The van der Waals surface area contributed by atoms with E-state index in [0.29, 0.717) is 22.0 Å². The number of hydrogen-bond acceptors (Lipinski definition) is 2. The van der Waals surface area contributed by atoms with Crippen molar-refractivity contribution in [2.75, 3.05) is 5.32 Å². The Hall–Kier alpha value is -2.07. The van der Waals surface area contributed by atoms with Crippen LogP contribution in [-0.4, -0.2) is 12.0 Å². The minimum Gasteiger partial charge on any atom is -0.481 e. The molecule has 1 unspecified atom stereocenters. The first-order chi connectivity index (χ1) is 9.95. The number of rotatable bonds is 4. The molecule has 0 aromatic heterocycles. The van der Waals surface area contributed by atoms with Crippen LogP contribution >= 0.6 is 11.6 Å². The molecule has 0 heterocycles. The lowest BCUT2D eigenvalue weighted by Gasteiger charge is -2.15. The summed E-state index contributed by atoms with van der Waals surface area (Å²) >= 11 is 5.78. The average Bonchev–Trinajstić information content (AvgIpc) is 2.45. The van der Waals surface area contributed by atoms with Crippen LogP contribution in [0.5, 0.6) is 5.75 Å². The summed E-state index contributed by atoms with van der Waals surface area (Å²) in [5, 5.41) is 3.20. The monoisotopic (exact) mass is 307 g/mol. The molecule has 0 fully saturated rings. The fourth-order valence-electron chi connectivity index (χ4n) is 1.69. The fourth-order valence-corrected chi connectivity index (χ4v) is 1.81. The zero-order valence-electron chi connectivity index (χ0n) is 11.7. The first kappa shape index (κ1) is 15.3. The van der Waals surface area contributed by atoms with Crippen LogP contribution in [-0.2, 0) is 4.79 Å². The molecule has 0 bridgehead atoms. The molecule has 21 heavy (non-hydrogen) atoms. The van der Waals surface area contributed by atoms with Crippen molar-refractivity contribution in [3.63, 3.8) is 0 Å². The van der Waals surface area contributed by atoms with Gasteiger partial charge in [0, 0.05) is 10.7 Å². The van der Waals surface area contributed by atoms with Crippen LogP contribution in [0.1, 0.15) is 12.5 Å². The highest BCUT2D eigenvalue weighted by molar-refractivity contribution is 6.30. The van der Waals surface area contributed by atoms with Crippen molar-refractivity contribution in [3.05, 3.63) is 58.9 Å². The lowest BCUT2D eigenvalue weighted by molar-refractivity contribution is -0.122. The highest BCUT2D eigenvalue weighted by Gasteiger charge is 2.15. The number of halogens is 2. The van der Waals surface area contributed by atoms with E-state index < -0.39 is 6.10 Å². The summed E-state index contributed by atoms with van der Waals surface area (Å²) in [5.74, 6) is -0.176. The molecule has 0 saturated heterocycles. The van der Waals surface area contributed by atoms with E-state index in [9.17, 15) is 9.18 Å². The number of aryl methyl sites for hydroxylation is 1. The first-order valence-corrected chi connectivity index (χ1v) is 6.83. The molecule has 2 aromatic rings. The van der Waals surface area contributed by atoms with Gasteiger partial charge in [0.15, 0.2) is 6.10 Å². The van der Waals surface area contributed by atoms with Gasteiger partial charge in [0.1, 0.15) is 11.6 Å². The Morgan fingerprint density at radius 2 is 1.90 bits per heavy atom. The van der Waals surface area contributed by atoms with Crippen LogP contribution in [0, 0.1) is 12.7 Å². The number of nitrogens with one attached hydrogen (secondary N) is 1. The number of ether oxygens (including phenoxy) is 1. The van der Waals surface area contributed by atoms with Crippen molar-refractivity contribution in [1.29, 1.82) is 0 Å². The van der Waals surface area contributed by atoms with Gasteiger partial charge in [0.25, 0.3) is 5.91 Å². The normalized spacial score (nSPS) is 11.8. The molecule has 5 heteroatoms. The van der Waals surface area contributed by atoms with Gasteiger partial charge in [-0.15, -0.1) is 0 Å². The topological polar surface area (TPSA) is 38.3 Å². The number of amides is 1. The summed E-state index contributed by atoms with van der Waals surface area (Å²) in [6.07, 6.45) is -0.712.